The van der Waals surface area contributed by atoms with Crippen molar-refractivity contribution < 1.29 is 13.7 Å². The summed E-state index contributed by atoms with van der Waals surface area (Å²) < 4.78 is 18.8. The van der Waals surface area contributed by atoms with Gasteiger partial charge in [-0.25, -0.2) is 14.2 Å². The lowest BCUT2D eigenvalue weighted by molar-refractivity contribution is 0.107. The van der Waals surface area contributed by atoms with E-state index in [0.29, 0.717) is 11.5 Å². The van der Waals surface area contributed by atoms with Crippen LogP contribution in [0.15, 0.2) is 22.7 Å². The van der Waals surface area contributed by atoms with Gasteiger partial charge < -0.3 is 14.3 Å². The molecule has 2 aromatic rings. The van der Waals surface area contributed by atoms with Crippen LogP contribution in [0.3, 0.4) is 0 Å². The van der Waals surface area contributed by atoms with Crippen LogP contribution in [-0.2, 0) is 0 Å². The Labute approximate surface area is 188 Å². The molecule has 32 heavy (non-hydrogen) atoms. The van der Waals surface area contributed by atoms with Crippen molar-refractivity contribution in [1.29, 1.82) is 0 Å². The highest BCUT2D eigenvalue weighted by molar-refractivity contribution is 5.79. The number of nitrogens with zero attached hydrogens (tertiary/aromatic N) is 4. The number of hydrogen-bond donors (Lipinski definition) is 1. The second-order valence-electron chi connectivity index (χ2n) is 9.65. The third-order valence-electron chi connectivity index (χ3n) is 7.55. The molecular weight excluding hydrogens is 409 g/mol. The molecule has 1 aromatic heterocycles. The van der Waals surface area contributed by atoms with Gasteiger partial charge in [0.15, 0.2) is 5.58 Å². The van der Waals surface area contributed by atoms with Crippen LogP contribution in [0, 0.1) is 11.7 Å². The Balaban J connectivity index is 1.02. The molecule has 5 rings (SSSR count). The highest BCUT2D eigenvalue weighted by Gasteiger charge is 2.27. The quantitative estimate of drug-likeness (QED) is 0.758. The van der Waals surface area contributed by atoms with Gasteiger partial charge in [-0.1, -0.05) is 5.16 Å². The van der Waals surface area contributed by atoms with Gasteiger partial charge in [-0.2, -0.15) is 0 Å². The van der Waals surface area contributed by atoms with E-state index in [4.69, 9.17) is 4.52 Å². The molecule has 0 aliphatic carbocycles. The molecule has 3 aliphatic heterocycles. The first-order valence-corrected chi connectivity index (χ1v) is 12.2. The van der Waals surface area contributed by atoms with E-state index in [9.17, 15) is 9.18 Å². The molecule has 7 nitrogen and oxygen atoms in total. The normalized spacial score (nSPS) is 22.1. The molecule has 0 radical (unpaired) electrons. The van der Waals surface area contributed by atoms with E-state index in [2.05, 4.69) is 20.5 Å². The summed E-state index contributed by atoms with van der Waals surface area (Å²) in [6, 6.07) is 4.78. The van der Waals surface area contributed by atoms with E-state index in [1.54, 1.807) is 6.07 Å². The zero-order chi connectivity index (χ0) is 21.9. The number of aromatic nitrogens is 1. The fourth-order valence-electron chi connectivity index (χ4n) is 5.48. The summed E-state index contributed by atoms with van der Waals surface area (Å²) in [5, 5.41) is 7.32. The smallest absolute Gasteiger partial charge is 0.331 e. The summed E-state index contributed by atoms with van der Waals surface area (Å²) in [5.74, 6) is 0.845. The molecule has 0 saturated carbocycles. The molecule has 0 unspecified atom stereocenters. The van der Waals surface area contributed by atoms with Crippen molar-refractivity contribution in [3.05, 3.63) is 29.7 Å². The minimum absolute atomic E-state index is 0.0776. The first kappa shape index (κ1) is 21.6. The van der Waals surface area contributed by atoms with E-state index >= 15 is 0 Å². The van der Waals surface area contributed by atoms with Gasteiger partial charge in [-0.3, -0.25) is 5.43 Å². The van der Waals surface area contributed by atoms with Crippen molar-refractivity contribution in [3.8, 4) is 0 Å². The average Bonchev–Trinajstić information content (AvgIpc) is 3.49. The van der Waals surface area contributed by atoms with Crippen LogP contribution in [0.5, 0.6) is 0 Å². The van der Waals surface area contributed by atoms with Crippen LogP contribution in [0.4, 0.5) is 9.18 Å². The summed E-state index contributed by atoms with van der Waals surface area (Å²) in [6.45, 7) is 6.98. The Morgan fingerprint density at radius 1 is 1.06 bits per heavy atom. The number of piperidine rings is 2. The third-order valence-corrected chi connectivity index (χ3v) is 7.55. The SMILES string of the molecule is O=C(NN1CCC(CCN2CCC(c3noc4cc(F)ccc34)CC2)CC1)N1CCCC1. The maximum absolute atomic E-state index is 13.4. The van der Waals surface area contributed by atoms with E-state index in [1.165, 1.54) is 18.6 Å². The second kappa shape index (κ2) is 9.75. The van der Waals surface area contributed by atoms with Crippen molar-refractivity contribution in [2.45, 2.75) is 50.9 Å². The van der Waals surface area contributed by atoms with E-state index in [-0.39, 0.29) is 11.8 Å². The molecule has 4 heterocycles. The summed E-state index contributed by atoms with van der Waals surface area (Å²) >= 11 is 0. The molecule has 8 heteroatoms. The fourth-order valence-corrected chi connectivity index (χ4v) is 5.48. The van der Waals surface area contributed by atoms with Gasteiger partial charge >= 0.3 is 6.03 Å². The van der Waals surface area contributed by atoms with Gasteiger partial charge in [-0.05, 0) is 82.6 Å². The third kappa shape index (κ3) is 4.91. The average molecular weight is 444 g/mol. The first-order chi connectivity index (χ1) is 15.7. The number of fused-ring (bicyclic) bond motifs is 1. The van der Waals surface area contributed by atoms with Crippen LogP contribution in [0.25, 0.3) is 11.0 Å². The number of carbonyl (C=O) groups excluding carboxylic acids is 1. The number of benzene rings is 1. The Bertz CT molecular complexity index is 912. The van der Waals surface area contributed by atoms with Crippen molar-refractivity contribution in [1.82, 2.24) is 25.4 Å². The predicted molar refractivity (Wildman–Crippen MR) is 121 cm³/mol. The zero-order valence-corrected chi connectivity index (χ0v) is 18.8. The van der Waals surface area contributed by atoms with Crippen LogP contribution >= 0.6 is 0 Å². The van der Waals surface area contributed by atoms with Gasteiger partial charge in [0.05, 0.1) is 5.69 Å². The van der Waals surface area contributed by atoms with E-state index < -0.39 is 0 Å². The number of rotatable bonds is 5. The predicted octanol–water partition coefficient (Wildman–Crippen LogP) is 3.97. The van der Waals surface area contributed by atoms with Crippen LogP contribution < -0.4 is 5.43 Å². The molecule has 1 N–H and O–H groups in total. The first-order valence-electron chi connectivity index (χ1n) is 12.2. The molecular formula is C24H34FN5O2. The monoisotopic (exact) mass is 443 g/mol. The molecule has 2 amide bonds. The molecule has 0 spiro atoms. The number of urea groups is 1. The lowest BCUT2D eigenvalue weighted by Gasteiger charge is -2.35. The van der Waals surface area contributed by atoms with Gasteiger partial charge in [-0.15, -0.1) is 0 Å². The van der Waals surface area contributed by atoms with E-state index in [1.807, 2.05) is 4.90 Å². The molecule has 174 valence electrons. The maximum Gasteiger partial charge on any atom is 0.331 e. The Kier molecular flexibility index (Phi) is 6.59. The summed E-state index contributed by atoms with van der Waals surface area (Å²) in [5.41, 5.74) is 4.63. The lowest BCUT2D eigenvalue weighted by atomic mass is 9.90. The number of likely N-dealkylation sites (tertiary alicyclic amines) is 2. The van der Waals surface area contributed by atoms with E-state index in [0.717, 1.165) is 101 Å². The Morgan fingerprint density at radius 2 is 1.81 bits per heavy atom. The molecule has 0 atom stereocenters. The van der Waals surface area contributed by atoms with Crippen molar-refractivity contribution in [2.75, 3.05) is 45.8 Å². The highest BCUT2D eigenvalue weighted by Crippen LogP contribution is 2.33. The number of hydrazine groups is 1. The number of nitrogens with one attached hydrogen (secondary N) is 1. The van der Waals surface area contributed by atoms with Crippen LogP contribution in [-0.4, -0.2) is 71.8 Å². The number of halogens is 1. The highest BCUT2D eigenvalue weighted by atomic mass is 19.1. The second-order valence-corrected chi connectivity index (χ2v) is 9.65. The van der Waals surface area contributed by atoms with Crippen molar-refractivity contribution >= 4 is 17.0 Å². The molecule has 1 aromatic carbocycles. The van der Waals surface area contributed by atoms with Gasteiger partial charge in [0.1, 0.15) is 5.82 Å². The van der Waals surface area contributed by atoms with Gasteiger partial charge in [0.25, 0.3) is 0 Å². The van der Waals surface area contributed by atoms with Gasteiger partial charge in [0, 0.05) is 43.5 Å². The Morgan fingerprint density at radius 3 is 2.56 bits per heavy atom. The topological polar surface area (TPSA) is 64.9 Å². The lowest BCUT2D eigenvalue weighted by Crippen LogP contribution is -2.51. The Hall–Kier alpha value is -2.19. The largest absolute Gasteiger partial charge is 0.356 e. The molecule has 3 saturated heterocycles. The molecule has 0 bridgehead atoms. The minimum atomic E-state index is -0.283. The van der Waals surface area contributed by atoms with Gasteiger partial charge in [0.2, 0.25) is 0 Å². The molecule has 3 aliphatic rings. The summed E-state index contributed by atoms with van der Waals surface area (Å²) in [4.78, 5) is 16.8. The van der Waals surface area contributed by atoms with Crippen LogP contribution in [0.1, 0.15) is 56.6 Å². The van der Waals surface area contributed by atoms with Crippen molar-refractivity contribution in [2.24, 2.45) is 5.92 Å². The maximum atomic E-state index is 13.4. The summed E-state index contributed by atoms with van der Waals surface area (Å²) in [7, 11) is 0. The van der Waals surface area contributed by atoms with Crippen LogP contribution in [0.2, 0.25) is 0 Å². The number of amides is 2. The standard InChI is InChI=1S/C24H34FN5O2/c25-20-3-4-21-22(17-20)32-27-23(21)19-8-13-28(14-9-19)12-5-18-6-15-30(16-7-18)26-24(31)29-10-1-2-11-29/h3-4,17-19H,1-2,5-16H2,(H,26,31). The summed E-state index contributed by atoms with van der Waals surface area (Å²) in [6.07, 6.45) is 7.92. The molecule has 3 fully saturated rings. The number of hydrogen-bond acceptors (Lipinski definition) is 5. The fraction of sp³-hybridized carbons (Fsp3) is 0.667. The van der Waals surface area contributed by atoms with Crippen molar-refractivity contribution in [3.63, 3.8) is 0 Å². The number of carbonyl (C=O) groups is 1. The zero-order valence-electron chi connectivity index (χ0n) is 18.8. The minimum Gasteiger partial charge on any atom is -0.356 e.